The number of anilines is 2. The monoisotopic (exact) mass is 429 g/mol. The molecule has 2 N–H and O–H groups in total. The van der Waals surface area contributed by atoms with E-state index in [-0.39, 0.29) is 0 Å². The smallest absolute Gasteiger partial charge is 0.313 e. The van der Waals surface area contributed by atoms with Gasteiger partial charge in [-0.1, -0.05) is 36.6 Å². The zero-order valence-corrected chi connectivity index (χ0v) is 18.0. The van der Waals surface area contributed by atoms with Crippen molar-refractivity contribution in [2.75, 3.05) is 37.0 Å². The quantitative estimate of drug-likeness (QED) is 0.680. The van der Waals surface area contributed by atoms with E-state index >= 15 is 0 Å². The lowest BCUT2D eigenvalue weighted by atomic mass is 10.1. The van der Waals surface area contributed by atoms with Gasteiger partial charge in [-0.2, -0.15) is 0 Å². The first-order chi connectivity index (χ1) is 14.6. The third-order valence-electron chi connectivity index (χ3n) is 5.22. The van der Waals surface area contributed by atoms with Gasteiger partial charge >= 0.3 is 11.8 Å². The summed E-state index contributed by atoms with van der Waals surface area (Å²) in [7, 11) is 1.51. The van der Waals surface area contributed by atoms with Crippen molar-refractivity contribution in [1.29, 1.82) is 0 Å². The molecule has 7 heteroatoms. The molecule has 0 saturated carbocycles. The van der Waals surface area contributed by atoms with Crippen LogP contribution in [0.1, 0.15) is 31.2 Å². The van der Waals surface area contributed by atoms with E-state index in [1.165, 1.54) is 44.5 Å². The number of hydrogen-bond acceptors (Lipinski definition) is 4. The van der Waals surface area contributed by atoms with Crippen LogP contribution in [0.15, 0.2) is 42.5 Å². The van der Waals surface area contributed by atoms with Crippen molar-refractivity contribution in [2.24, 2.45) is 0 Å². The molecule has 1 aliphatic rings. The van der Waals surface area contributed by atoms with Crippen LogP contribution in [-0.4, -0.2) is 38.6 Å². The van der Waals surface area contributed by atoms with Crippen molar-refractivity contribution in [3.05, 3.63) is 53.1 Å². The van der Waals surface area contributed by atoms with Gasteiger partial charge in [-0.05, 0) is 55.2 Å². The minimum Gasteiger partial charge on any atom is -0.495 e. The van der Waals surface area contributed by atoms with Gasteiger partial charge in [-0.25, -0.2) is 0 Å². The molecule has 3 rings (SSSR count). The number of hydrogen-bond donors (Lipinski definition) is 2. The highest BCUT2D eigenvalue weighted by Crippen LogP contribution is 2.27. The molecule has 2 aromatic rings. The van der Waals surface area contributed by atoms with Crippen LogP contribution in [0, 0.1) is 0 Å². The van der Waals surface area contributed by atoms with Crippen molar-refractivity contribution in [3.63, 3.8) is 0 Å². The molecule has 6 nitrogen and oxygen atoms in total. The van der Waals surface area contributed by atoms with Crippen LogP contribution >= 0.6 is 11.6 Å². The first-order valence-corrected chi connectivity index (χ1v) is 10.7. The number of benzene rings is 2. The number of nitrogens with one attached hydrogen (secondary N) is 2. The largest absolute Gasteiger partial charge is 0.495 e. The van der Waals surface area contributed by atoms with Crippen LogP contribution in [0.4, 0.5) is 11.4 Å². The number of carbonyl (C=O) groups is 2. The molecule has 1 saturated heterocycles. The Hall–Kier alpha value is -2.73. The predicted molar refractivity (Wildman–Crippen MR) is 120 cm³/mol. The number of halogens is 1. The van der Waals surface area contributed by atoms with Crippen LogP contribution < -0.4 is 20.3 Å². The lowest BCUT2D eigenvalue weighted by Crippen LogP contribution is -2.36. The molecule has 0 aromatic heterocycles. The van der Waals surface area contributed by atoms with E-state index in [0.29, 0.717) is 29.4 Å². The summed E-state index contributed by atoms with van der Waals surface area (Å²) in [5, 5.41) is 5.55. The summed E-state index contributed by atoms with van der Waals surface area (Å²) < 4.78 is 5.07. The Labute approximate surface area is 182 Å². The average molecular weight is 430 g/mol. The Bertz CT molecular complexity index is 862. The average Bonchev–Trinajstić information content (AvgIpc) is 3.04. The molecule has 160 valence electrons. The molecule has 30 heavy (non-hydrogen) atoms. The second-order valence-corrected chi connectivity index (χ2v) is 7.78. The molecule has 0 unspecified atom stereocenters. The fraction of sp³-hybridized carbons (Fsp3) is 0.391. The summed E-state index contributed by atoms with van der Waals surface area (Å²) >= 11 is 6.03. The SMILES string of the molecule is COc1ccc(NC(=O)C(=O)NCCc2ccc(N3CCCCCC3)cc2)cc1Cl. The van der Waals surface area contributed by atoms with E-state index in [0.717, 1.165) is 18.7 Å². The molecule has 0 spiro atoms. The minimum absolute atomic E-state index is 0.360. The Morgan fingerprint density at radius 2 is 1.70 bits per heavy atom. The number of rotatable bonds is 6. The van der Waals surface area contributed by atoms with Crippen molar-refractivity contribution < 1.29 is 14.3 Å². The van der Waals surface area contributed by atoms with Gasteiger partial charge in [0.25, 0.3) is 0 Å². The van der Waals surface area contributed by atoms with Crippen LogP contribution in [0.25, 0.3) is 0 Å². The van der Waals surface area contributed by atoms with Gasteiger partial charge in [0.15, 0.2) is 0 Å². The van der Waals surface area contributed by atoms with Gasteiger partial charge in [-0.3, -0.25) is 9.59 Å². The molecular formula is C23H28ClN3O3. The topological polar surface area (TPSA) is 70.7 Å². The zero-order valence-electron chi connectivity index (χ0n) is 17.2. The normalized spacial score (nSPS) is 14.0. The van der Waals surface area contributed by atoms with Crippen LogP contribution in [-0.2, 0) is 16.0 Å². The predicted octanol–water partition coefficient (Wildman–Crippen LogP) is 4.03. The van der Waals surface area contributed by atoms with Gasteiger partial charge < -0.3 is 20.3 Å². The minimum atomic E-state index is -0.729. The molecule has 0 radical (unpaired) electrons. The standard InChI is InChI=1S/C23H28ClN3O3/c1-30-21-11-8-18(16-20(21)24)26-23(29)22(28)25-13-12-17-6-9-19(10-7-17)27-14-4-2-3-5-15-27/h6-11,16H,2-5,12-15H2,1H3,(H,25,28)(H,26,29). The summed E-state index contributed by atoms with van der Waals surface area (Å²) in [6, 6.07) is 13.3. The fourth-order valence-electron chi connectivity index (χ4n) is 3.53. The Balaban J connectivity index is 1.44. The van der Waals surface area contributed by atoms with E-state index < -0.39 is 11.8 Å². The molecule has 0 bridgehead atoms. The van der Waals surface area contributed by atoms with Crippen molar-refractivity contribution in [1.82, 2.24) is 5.32 Å². The molecular weight excluding hydrogens is 402 g/mol. The molecule has 0 aliphatic carbocycles. The Kier molecular flexibility index (Phi) is 7.97. The molecule has 1 aliphatic heterocycles. The molecule has 2 aromatic carbocycles. The Morgan fingerprint density at radius 1 is 1.00 bits per heavy atom. The lowest BCUT2D eigenvalue weighted by molar-refractivity contribution is -0.136. The number of carbonyl (C=O) groups excluding carboxylic acids is 2. The molecule has 1 fully saturated rings. The number of nitrogens with zero attached hydrogens (tertiary/aromatic N) is 1. The lowest BCUT2D eigenvalue weighted by Gasteiger charge is -2.22. The highest BCUT2D eigenvalue weighted by Gasteiger charge is 2.14. The van der Waals surface area contributed by atoms with E-state index in [1.54, 1.807) is 12.1 Å². The highest BCUT2D eigenvalue weighted by molar-refractivity contribution is 6.40. The van der Waals surface area contributed by atoms with Crippen molar-refractivity contribution >= 4 is 34.8 Å². The first-order valence-electron chi connectivity index (χ1n) is 10.3. The summed E-state index contributed by atoms with van der Waals surface area (Å²) in [5.74, 6) is -0.906. The van der Waals surface area contributed by atoms with E-state index in [1.807, 2.05) is 0 Å². The van der Waals surface area contributed by atoms with Gasteiger partial charge in [-0.15, -0.1) is 0 Å². The van der Waals surface area contributed by atoms with Crippen molar-refractivity contribution in [2.45, 2.75) is 32.1 Å². The summed E-state index contributed by atoms with van der Waals surface area (Å²) in [4.78, 5) is 26.6. The van der Waals surface area contributed by atoms with Crippen LogP contribution in [0.2, 0.25) is 5.02 Å². The van der Waals surface area contributed by atoms with Gasteiger partial charge in [0.05, 0.1) is 12.1 Å². The van der Waals surface area contributed by atoms with Crippen molar-refractivity contribution in [3.8, 4) is 5.75 Å². The van der Waals surface area contributed by atoms with Gasteiger partial charge in [0.1, 0.15) is 5.75 Å². The maximum Gasteiger partial charge on any atom is 0.313 e. The number of methoxy groups -OCH3 is 1. The maximum atomic E-state index is 12.1. The van der Waals surface area contributed by atoms with E-state index in [2.05, 4.69) is 39.8 Å². The highest BCUT2D eigenvalue weighted by atomic mass is 35.5. The summed E-state index contributed by atoms with van der Waals surface area (Å²) in [5.41, 5.74) is 2.81. The number of amides is 2. The van der Waals surface area contributed by atoms with Gasteiger partial charge in [0.2, 0.25) is 0 Å². The fourth-order valence-corrected chi connectivity index (χ4v) is 3.79. The van der Waals surface area contributed by atoms with Crippen LogP contribution in [0.3, 0.4) is 0 Å². The molecule has 2 amide bonds. The third kappa shape index (κ3) is 6.13. The number of ether oxygens (including phenoxy) is 1. The third-order valence-corrected chi connectivity index (χ3v) is 5.52. The maximum absolute atomic E-state index is 12.1. The first kappa shape index (κ1) is 22.0. The second-order valence-electron chi connectivity index (χ2n) is 7.38. The molecule has 0 atom stereocenters. The van der Waals surface area contributed by atoms with Crippen LogP contribution in [0.5, 0.6) is 5.75 Å². The van der Waals surface area contributed by atoms with Gasteiger partial charge in [0, 0.05) is 31.0 Å². The Morgan fingerprint density at radius 3 is 2.33 bits per heavy atom. The summed E-state index contributed by atoms with van der Waals surface area (Å²) in [6.45, 7) is 2.62. The van der Waals surface area contributed by atoms with E-state index in [4.69, 9.17) is 16.3 Å². The zero-order chi connectivity index (χ0) is 21.3. The second kappa shape index (κ2) is 10.9. The summed E-state index contributed by atoms with van der Waals surface area (Å²) in [6.07, 6.45) is 5.78. The molecule has 1 heterocycles. The van der Waals surface area contributed by atoms with E-state index in [9.17, 15) is 9.59 Å².